The first kappa shape index (κ1) is 19.4. The molecule has 152 valence electrons. The van der Waals surface area contributed by atoms with Gasteiger partial charge in [-0.2, -0.15) is 10.1 Å². The van der Waals surface area contributed by atoms with Gasteiger partial charge in [0.2, 0.25) is 5.95 Å². The number of anilines is 3. The molecule has 2 saturated heterocycles. The van der Waals surface area contributed by atoms with E-state index in [1.54, 1.807) is 17.1 Å². The Hall–Kier alpha value is -1.91. The van der Waals surface area contributed by atoms with Crippen molar-refractivity contribution in [2.45, 2.75) is 31.3 Å². The summed E-state index contributed by atoms with van der Waals surface area (Å²) in [4.78, 5) is 11.0. The quantitative estimate of drug-likeness (QED) is 0.720. The minimum absolute atomic E-state index is 0.128. The third-order valence-electron chi connectivity index (χ3n) is 5.31. The molecule has 28 heavy (non-hydrogen) atoms. The molecule has 2 N–H and O–H groups in total. The van der Waals surface area contributed by atoms with Crippen LogP contribution in [-0.2, 0) is 16.9 Å². The zero-order valence-electron chi connectivity index (χ0n) is 15.7. The van der Waals surface area contributed by atoms with Gasteiger partial charge in [-0.1, -0.05) is 11.6 Å². The van der Waals surface area contributed by atoms with Crippen LogP contribution in [-0.4, -0.2) is 69.7 Å². The van der Waals surface area contributed by atoms with Crippen LogP contribution in [0, 0.1) is 0 Å². The Morgan fingerprint density at radius 2 is 2.18 bits per heavy atom. The van der Waals surface area contributed by atoms with Crippen molar-refractivity contribution in [1.29, 1.82) is 0 Å². The normalized spacial score (nSPS) is 24.5. The molecule has 2 aliphatic heterocycles. The highest BCUT2D eigenvalue weighted by molar-refractivity contribution is 7.91. The van der Waals surface area contributed by atoms with Crippen LogP contribution in [0.3, 0.4) is 0 Å². The SMILES string of the molecule is Cn1cc(Nc2ncc(Cl)c(NCC3CCCN3C3CCS(=O)(=O)C3)n2)cn1. The van der Waals surface area contributed by atoms with Crippen LogP contribution in [0.5, 0.6) is 0 Å². The van der Waals surface area contributed by atoms with Crippen molar-refractivity contribution in [2.24, 2.45) is 7.05 Å². The number of rotatable bonds is 6. The molecule has 2 aromatic heterocycles. The lowest BCUT2D eigenvalue weighted by molar-refractivity contribution is 0.202. The molecule has 0 amide bonds. The molecule has 2 unspecified atom stereocenters. The predicted octanol–water partition coefficient (Wildman–Crippen LogP) is 1.67. The fourth-order valence-electron chi connectivity index (χ4n) is 3.98. The summed E-state index contributed by atoms with van der Waals surface area (Å²) in [5, 5.41) is 11.0. The predicted molar refractivity (Wildman–Crippen MR) is 109 cm³/mol. The molecule has 2 atom stereocenters. The van der Waals surface area contributed by atoms with Crippen molar-refractivity contribution in [3.8, 4) is 0 Å². The van der Waals surface area contributed by atoms with E-state index < -0.39 is 9.84 Å². The van der Waals surface area contributed by atoms with E-state index >= 15 is 0 Å². The molecular formula is C17H24ClN7O2S. The number of nitrogens with one attached hydrogen (secondary N) is 2. The third-order valence-corrected chi connectivity index (χ3v) is 7.34. The number of hydrogen-bond donors (Lipinski definition) is 2. The van der Waals surface area contributed by atoms with Gasteiger partial charge in [-0.25, -0.2) is 13.4 Å². The lowest BCUT2D eigenvalue weighted by atomic mass is 10.1. The number of sulfone groups is 1. The Labute approximate surface area is 169 Å². The first-order valence-electron chi connectivity index (χ1n) is 9.38. The first-order chi connectivity index (χ1) is 13.4. The van der Waals surface area contributed by atoms with E-state index in [4.69, 9.17) is 11.6 Å². The average Bonchev–Trinajstić information content (AvgIpc) is 3.35. The van der Waals surface area contributed by atoms with Gasteiger partial charge in [0.05, 0.1) is 29.6 Å². The fraction of sp³-hybridized carbons (Fsp3) is 0.588. The zero-order chi connectivity index (χ0) is 19.7. The fourth-order valence-corrected chi connectivity index (χ4v) is 5.88. The second-order valence-electron chi connectivity index (χ2n) is 7.39. The van der Waals surface area contributed by atoms with E-state index in [1.807, 2.05) is 13.2 Å². The Morgan fingerprint density at radius 3 is 2.89 bits per heavy atom. The van der Waals surface area contributed by atoms with Crippen molar-refractivity contribution in [3.63, 3.8) is 0 Å². The van der Waals surface area contributed by atoms with Gasteiger partial charge in [0.1, 0.15) is 5.02 Å². The van der Waals surface area contributed by atoms with Crippen LogP contribution in [0.4, 0.5) is 17.5 Å². The topological polar surface area (TPSA) is 105 Å². The van der Waals surface area contributed by atoms with Gasteiger partial charge < -0.3 is 10.6 Å². The standard InChI is InChI=1S/C17H24ClN7O2S/c1-24-10-12(7-21-24)22-17-20-9-15(18)16(23-17)19-8-13-3-2-5-25(13)14-4-6-28(26,27)11-14/h7,9-10,13-14H,2-6,8,11H2,1H3,(H2,19,20,22,23). The summed E-state index contributed by atoms with van der Waals surface area (Å²) < 4.78 is 25.3. The number of aromatic nitrogens is 4. The van der Waals surface area contributed by atoms with E-state index in [1.165, 1.54) is 0 Å². The number of aryl methyl sites for hydroxylation is 1. The summed E-state index contributed by atoms with van der Waals surface area (Å²) in [6.07, 6.45) is 7.92. The van der Waals surface area contributed by atoms with E-state index in [9.17, 15) is 8.42 Å². The zero-order valence-corrected chi connectivity index (χ0v) is 17.2. The molecule has 4 heterocycles. The van der Waals surface area contributed by atoms with Crippen LogP contribution in [0.15, 0.2) is 18.6 Å². The Morgan fingerprint density at radius 1 is 1.32 bits per heavy atom. The minimum atomic E-state index is -2.88. The molecule has 2 aliphatic rings. The van der Waals surface area contributed by atoms with Gasteiger partial charge in [-0.15, -0.1) is 0 Å². The van der Waals surface area contributed by atoms with Crippen molar-refractivity contribution in [3.05, 3.63) is 23.6 Å². The monoisotopic (exact) mass is 425 g/mol. The summed E-state index contributed by atoms with van der Waals surface area (Å²) in [5.74, 6) is 1.57. The smallest absolute Gasteiger partial charge is 0.229 e. The van der Waals surface area contributed by atoms with E-state index in [0.717, 1.165) is 31.5 Å². The molecule has 0 radical (unpaired) electrons. The molecule has 0 aromatic carbocycles. The Bertz CT molecular complexity index is 949. The molecule has 0 spiro atoms. The van der Waals surface area contributed by atoms with Gasteiger partial charge in [0, 0.05) is 31.9 Å². The highest BCUT2D eigenvalue weighted by Crippen LogP contribution is 2.28. The number of hydrogen-bond acceptors (Lipinski definition) is 8. The Balaban J connectivity index is 1.40. The van der Waals surface area contributed by atoms with E-state index in [2.05, 4.69) is 30.6 Å². The summed E-state index contributed by atoms with van der Waals surface area (Å²) in [7, 11) is -1.05. The van der Waals surface area contributed by atoms with Crippen LogP contribution in [0.2, 0.25) is 5.02 Å². The molecule has 2 aromatic rings. The molecule has 11 heteroatoms. The van der Waals surface area contributed by atoms with Gasteiger partial charge in [0.15, 0.2) is 15.7 Å². The average molecular weight is 426 g/mol. The second kappa shape index (κ2) is 7.84. The van der Waals surface area contributed by atoms with E-state index in [0.29, 0.717) is 29.1 Å². The minimum Gasteiger partial charge on any atom is -0.367 e. The molecule has 0 saturated carbocycles. The number of nitrogens with zero attached hydrogens (tertiary/aromatic N) is 5. The maximum Gasteiger partial charge on any atom is 0.229 e. The highest BCUT2D eigenvalue weighted by Gasteiger charge is 2.37. The highest BCUT2D eigenvalue weighted by atomic mass is 35.5. The lowest BCUT2D eigenvalue weighted by Gasteiger charge is -2.30. The second-order valence-corrected chi connectivity index (χ2v) is 10.0. The van der Waals surface area contributed by atoms with Crippen LogP contribution in [0.25, 0.3) is 0 Å². The lowest BCUT2D eigenvalue weighted by Crippen LogP contribution is -2.43. The maximum atomic E-state index is 11.8. The number of likely N-dealkylation sites (tertiary alicyclic amines) is 1. The first-order valence-corrected chi connectivity index (χ1v) is 11.6. The molecular weight excluding hydrogens is 402 g/mol. The summed E-state index contributed by atoms with van der Waals surface area (Å²) >= 11 is 6.27. The molecule has 2 fully saturated rings. The van der Waals surface area contributed by atoms with Crippen LogP contribution >= 0.6 is 11.6 Å². The van der Waals surface area contributed by atoms with Gasteiger partial charge in [0.25, 0.3) is 0 Å². The van der Waals surface area contributed by atoms with Crippen LogP contribution in [0.1, 0.15) is 19.3 Å². The van der Waals surface area contributed by atoms with Crippen molar-refractivity contribution in [1.82, 2.24) is 24.6 Å². The Kier molecular flexibility index (Phi) is 5.44. The van der Waals surface area contributed by atoms with Crippen molar-refractivity contribution >= 4 is 38.9 Å². The van der Waals surface area contributed by atoms with Crippen molar-refractivity contribution < 1.29 is 8.42 Å². The van der Waals surface area contributed by atoms with Crippen LogP contribution < -0.4 is 10.6 Å². The van der Waals surface area contributed by atoms with Gasteiger partial charge in [-0.05, 0) is 25.8 Å². The summed E-state index contributed by atoms with van der Waals surface area (Å²) in [6, 6.07) is 0.405. The summed E-state index contributed by atoms with van der Waals surface area (Å²) in [5.41, 5.74) is 0.792. The van der Waals surface area contributed by atoms with Gasteiger partial charge in [-0.3, -0.25) is 9.58 Å². The summed E-state index contributed by atoms with van der Waals surface area (Å²) in [6.45, 7) is 1.61. The molecule has 0 aliphatic carbocycles. The van der Waals surface area contributed by atoms with Crippen molar-refractivity contribution in [2.75, 3.05) is 35.2 Å². The van der Waals surface area contributed by atoms with Gasteiger partial charge >= 0.3 is 0 Å². The van der Waals surface area contributed by atoms with E-state index in [-0.39, 0.29) is 17.8 Å². The maximum absolute atomic E-state index is 11.8. The molecule has 9 nitrogen and oxygen atoms in total. The number of halogens is 1. The molecule has 0 bridgehead atoms. The largest absolute Gasteiger partial charge is 0.367 e. The third kappa shape index (κ3) is 4.39. The molecule has 4 rings (SSSR count).